The average molecular weight is 262 g/mol. The molecule has 1 aliphatic rings. The van der Waals surface area contributed by atoms with E-state index in [-0.39, 0.29) is 24.7 Å². The predicted molar refractivity (Wildman–Crippen MR) is 75.1 cm³/mol. The number of carbonyl (C=O) groups excluding carboxylic acids is 1. The molecule has 0 saturated heterocycles. The molecule has 0 heterocycles. The lowest BCUT2D eigenvalue weighted by molar-refractivity contribution is 0.212. The van der Waals surface area contributed by atoms with Crippen LogP contribution in [0.2, 0.25) is 0 Å². The summed E-state index contributed by atoms with van der Waals surface area (Å²) in [5.41, 5.74) is 3.89. The van der Waals surface area contributed by atoms with Gasteiger partial charge in [-0.15, -0.1) is 0 Å². The van der Waals surface area contributed by atoms with Gasteiger partial charge in [-0.25, -0.2) is 4.79 Å². The van der Waals surface area contributed by atoms with E-state index in [1.807, 2.05) is 13.0 Å². The number of hydrogen-bond acceptors (Lipinski definition) is 2. The molecule has 104 valence electrons. The van der Waals surface area contributed by atoms with E-state index in [1.165, 1.54) is 16.7 Å². The van der Waals surface area contributed by atoms with Gasteiger partial charge in [0.2, 0.25) is 0 Å². The standard InChI is InChI=1S/C15H22N2O2/c1-3-11(9-18)16-15(19)17-14-8-7-12-10(2)5-4-6-13(12)14/h4-6,11,14,18H,3,7-9H2,1-2H3,(H2,16,17,19)/t11-,14+/m0/s1. The van der Waals surface area contributed by atoms with Crippen molar-refractivity contribution in [3.63, 3.8) is 0 Å². The first-order valence-electron chi connectivity index (χ1n) is 6.92. The van der Waals surface area contributed by atoms with E-state index < -0.39 is 0 Å². The van der Waals surface area contributed by atoms with Crippen LogP contribution in [0.4, 0.5) is 4.79 Å². The zero-order chi connectivity index (χ0) is 13.8. The maximum atomic E-state index is 11.9. The monoisotopic (exact) mass is 262 g/mol. The van der Waals surface area contributed by atoms with Crippen molar-refractivity contribution in [3.05, 3.63) is 34.9 Å². The molecule has 4 nitrogen and oxygen atoms in total. The largest absolute Gasteiger partial charge is 0.394 e. The Bertz CT molecular complexity index is 455. The molecule has 1 aliphatic carbocycles. The van der Waals surface area contributed by atoms with Gasteiger partial charge in [0.05, 0.1) is 18.7 Å². The molecule has 4 heteroatoms. The van der Waals surface area contributed by atoms with Crippen LogP contribution >= 0.6 is 0 Å². The molecule has 0 fully saturated rings. The molecule has 0 radical (unpaired) electrons. The molecular weight excluding hydrogens is 240 g/mol. The maximum absolute atomic E-state index is 11.9. The van der Waals surface area contributed by atoms with Gasteiger partial charge in [0.25, 0.3) is 0 Å². The lowest BCUT2D eigenvalue weighted by atomic mass is 10.0. The summed E-state index contributed by atoms with van der Waals surface area (Å²) in [5, 5.41) is 14.9. The molecule has 1 aromatic rings. The number of fused-ring (bicyclic) bond motifs is 1. The number of aliphatic hydroxyl groups is 1. The van der Waals surface area contributed by atoms with Crippen molar-refractivity contribution in [3.8, 4) is 0 Å². The van der Waals surface area contributed by atoms with Gasteiger partial charge >= 0.3 is 6.03 Å². The second-order valence-corrected chi connectivity index (χ2v) is 5.14. The summed E-state index contributed by atoms with van der Waals surface area (Å²) in [5.74, 6) is 0. The molecule has 0 aromatic heterocycles. The molecule has 3 N–H and O–H groups in total. The minimum Gasteiger partial charge on any atom is -0.394 e. The quantitative estimate of drug-likeness (QED) is 0.777. The van der Waals surface area contributed by atoms with Crippen LogP contribution in [0.5, 0.6) is 0 Å². The van der Waals surface area contributed by atoms with Crippen LogP contribution in [-0.2, 0) is 6.42 Å². The minimum absolute atomic E-state index is 0.0235. The minimum atomic E-state index is -0.194. The topological polar surface area (TPSA) is 61.4 Å². The fourth-order valence-electron chi connectivity index (χ4n) is 2.65. The Balaban J connectivity index is 1.99. The summed E-state index contributed by atoms with van der Waals surface area (Å²) < 4.78 is 0. The Kier molecular flexibility index (Phi) is 4.43. The highest BCUT2D eigenvalue weighted by Crippen LogP contribution is 2.32. The van der Waals surface area contributed by atoms with Gasteiger partial charge in [-0.3, -0.25) is 0 Å². The van der Waals surface area contributed by atoms with E-state index in [9.17, 15) is 4.79 Å². The third kappa shape index (κ3) is 3.07. The van der Waals surface area contributed by atoms with Gasteiger partial charge in [0.15, 0.2) is 0 Å². The summed E-state index contributed by atoms with van der Waals surface area (Å²) in [6.45, 7) is 4.03. The number of hydrogen-bond donors (Lipinski definition) is 3. The highest BCUT2D eigenvalue weighted by molar-refractivity contribution is 5.75. The summed E-state index contributed by atoms with van der Waals surface area (Å²) in [7, 11) is 0. The lowest BCUT2D eigenvalue weighted by Gasteiger charge is -2.19. The van der Waals surface area contributed by atoms with E-state index in [2.05, 4.69) is 29.7 Å². The van der Waals surface area contributed by atoms with Crippen LogP contribution in [0.3, 0.4) is 0 Å². The van der Waals surface area contributed by atoms with Gasteiger partial charge in [0, 0.05) is 0 Å². The fourth-order valence-corrected chi connectivity index (χ4v) is 2.65. The number of nitrogens with one attached hydrogen (secondary N) is 2. The second-order valence-electron chi connectivity index (χ2n) is 5.14. The molecule has 19 heavy (non-hydrogen) atoms. The zero-order valence-electron chi connectivity index (χ0n) is 11.6. The number of carbonyl (C=O) groups is 1. The van der Waals surface area contributed by atoms with Crippen LogP contribution in [0, 0.1) is 6.92 Å². The van der Waals surface area contributed by atoms with Crippen molar-refractivity contribution in [1.29, 1.82) is 0 Å². The number of aryl methyl sites for hydroxylation is 1. The van der Waals surface area contributed by atoms with E-state index >= 15 is 0 Å². The predicted octanol–water partition coefficient (Wildman–Crippen LogP) is 2.05. The lowest BCUT2D eigenvalue weighted by Crippen LogP contribution is -2.44. The normalized spacial score (nSPS) is 18.8. The zero-order valence-corrected chi connectivity index (χ0v) is 11.6. The highest BCUT2D eigenvalue weighted by atomic mass is 16.3. The Hall–Kier alpha value is -1.55. The molecule has 1 aromatic carbocycles. The maximum Gasteiger partial charge on any atom is 0.315 e. The molecule has 2 amide bonds. The van der Waals surface area contributed by atoms with Crippen molar-refractivity contribution in [2.45, 2.75) is 45.2 Å². The van der Waals surface area contributed by atoms with Crippen molar-refractivity contribution >= 4 is 6.03 Å². The van der Waals surface area contributed by atoms with Crippen LogP contribution in [0.1, 0.15) is 42.5 Å². The van der Waals surface area contributed by atoms with Gasteiger partial charge in [-0.2, -0.15) is 0 Å². The molecule has 2 rings (SSSR count). The average Bonchev–Trinajstić information content (AvgIpc) is 2.81. The van der Waals surface area contributed by atoms with Crippen molar-refractivity contribution in [2.24, 2.45) is 0 Å². The number of urea groups is 1. The van der Waals surface area contributed by atoms with E-state index in [4.69, 9.17) is 5.11 Å². The number of rotatable bonds is 4. The van der Waals surface area contributed by atoms with Crippen LogP contribution < -0.4 is 10.6 Å². The van der Waals surface area contributed by atoms with Crippen LogP contribution in [0.25, 0.3) is 0 Å². The smallest absolute Gasteiger partial charge is 0.315 e. The first-order chi connectivity index (χ1) is 9.15. The number of amides is 2. The third-order valence-corrected chi connectivity index (χ3v) is 3.86. The summed E-state index contributed by atoms with van der Waals surface area (Å²) in [6.07, 6.45) is 2.69. The van der Waals surface area contributed by atoms with Crippen LogP contribution in [0.15, 0.2) is 18.2 Å². The Morgan fingerprint density at radius 3 is 3.00 bits per heavy atom. The van der Waals surface area contributed by atoms with Gasteiger partial charge < -0.3 is 15.7 Å². The molecule has 0 bridgehead atoms. The van der Waals surface area contributed by atoms with Gasteiger partial charge in [-0.05, 0) is 42.9 Å². The Morgan fingerprint density at radius 2 is 2.32 bits per heavy atom. The first kappa shape index (κ1) is 13.9. The van der Waals surface area contributed by atoms with Crippen molar-refractivity contribution in [1.82, 2.24) is 10.6 Å². The fraction of sp³-hybridized carbons (Fsp3) is 0.533. The molecular formula is C15H22N2O2. The molecule has 2 atom stereocenters. The van der Waals surface area contributed by atoms with E-state index in [1.54, 1.807) is 0 Å². The summed E-state index contributed by atoms with van der Waals surface area (Å²) in [4.78, 5) is 11.9. The second kappa shape index (κ2) is 6.06. The third-order valence-electron chi connectivity index (χ3n) is 3.86. The Labute approximate surface area is 114 Å². The highest BCUT2D eigenvalue weighted by Gasteiger charge is 2.25. The number of benzene rings is 1. The van der Waals surface area contributed by atoms with E-state index in [0.717, 1.165) is 19.3 Å². The SMILES string of the molecule is CC[C@@H](CO)NC(=O)N[C@@H]1CCc2c(C)cccc21. The molecule has 0 unspecified atom stereocenters. The number of aliphatic hydroxyl groups excluding tert-OH is 1. The van der Waals surface area contributed by atoms with Gasteiger partial charge in [0.1, 0.15) is 0 Å². The van der Waals surface area contributed by atoms with Gasteiger partial charge in [-0.1, -0.05) is 25.1 Å². The van der Waals surface area contributed by atoms with Crippen molar-refractivity contribution in [2.75, 3.05) is 6.61 Å². The molecule has 0 aliphatic heterocycles. The molecule has 0 spiro atoms. The first-order valence-corrected chi connectivity index (χ1v) is 6.92. The molecule has 0 saturated carbocycles. The van der Waals surface area contributed by atoms with Crippen molar-refractivity contribution < 1.29 is 9.90 Å². The summed E-state index contributed by atoms with van der Waals surface area (Å²) >= 11 is 0. The summed E-state index contributed by atoms with van der Waals surface area (Å²) in [6, 6.07) is 5.96. The van der Waals surface area contributed by atoms with Crippen LogP contribution in [-0.4, -0.2) is 23.8 Å². The Morgan fingerprint density at radius 1 is 1.53 bits per heavy atom. The van der Waals surface area contributed by atoms with E-state index in [0.29, 0.717) is 0 Å².